The summed E-state index contributed by atoms with van der Waals surface area (Å²) in [6.45, 7) is 0. The van der Waals surface area contributed by atoms with Gasteiger partial charge >= 0.3 is 0 Å². The van der Waals surface area contributed by atoms with E-state index in [0.717, 1.165) is 0 Å². The van der Waals surface area contributed by atoms with Gasteiger partial charge in [0, 0.05) is 21.9 Å². The molecule has 8 heteroatoms. The molecule has 0 aliphatic carbocycles. The zero-order chi connectivity index (χ0) is 17.8. The molecule has 3 rings (SSSR count). The second-order valence-electron chi connectivity index (χ2n) is 4.98. The van der Waals surface area contributed by atoms with Crippen LogP contribution in [0.2, 0.25) is 15.1 Å². The summed E-state index contributed by atoms with van der Waals surface area (Å²) in [5, 5.41) is 7.05. The van der Waals surface area contributed by atoms with Crippen molar-refractivity contribution in [1.29, 1.82) is 0 Å². The normalized spacial score (nSPS) is 10.4. The zero-order valence-corrected chi connectivity index (χ0v) is 14.9. The highest BCUT2D eigenvalue weighted by atomic mass is 35.5. The molecular weight excluding hydrogens is 383 g/mol. The van der Waals surface area contributed by atoms with Gasteiger partial charge in [-0.05, 0) is 36.4 Å². The van der Waals surface area contributed by atoms with Crippen molar-refractivity contribution >= 4 is 58.0 Å². The number of benzene rings is 2. The lowest BCUT2D eigenvalue weighted by atomic mass is 10.3. The number of para-hydroxylation sites is 1. The SMILES string of the molecule is O=C(Nc1ccccc1Cl)c1ccnc(Nc2cc(Cl)cc(Cl)c2)n1. The van der Waals surface area contributed by atoms with Crippen molar-refractivity contribution in [3.8, 4) is 0 Å². The van der Waals surface area contributed by atoms with Gasteiger partial charge in [0.25, 0.3) is 5.91 Å². The van der Waals surface area contributed by atoms with Gasteiger partial charge in [0.1, 0.15) is 5.69 Å². The lowest BCUT2D eigenvalue weighted by molar-refractivity contribution is 0.102. The number of amides is 1. The van der Waals surface area contributed by atoms with Crippen molar-refractivity contribution in [2.24, 2.45) is 0 Å². The second-order valence-corrected chi connectivity index (χ2v) is 6.26. The standard InChI is InChI=1S/C17H11Cl3N4O/c18-10-7-11(19)9-12(8-10)22-17-21-6-5-15(24-17)16(25)23-14-4-2-1-3-13(14)20/h1-9H,(H,23,25)(H,21,22,24). The summed E-state index contributed by atoms with van der Waals surface area (Å²) < 4.78 is 0. The Morgan fingerprint density at radius 3 is 2.40 bits per heavy atom. The van der Waals surface area contributed by atoms with Crippen molar-refractivity contribution < 1.29 is 4.79 Å². The molecule has 2 N–H and O–H groups in total. The molecule has 0 aliphatic heterocycles. The lowest BCUT2D eigenvalue weighted by Gasteiger charge is -2.09. The summed E-state index contributed by atoms with van der Waals surface area (Å²) in [5.41, 5.74) is 1.30. The van der Waals surface area contributed by atoms with Crippen molar-refractivity contribution in [2.45, 2.75) is 0 Å². The van der Waals surface area contributed by atoms with Gasteiger partial charge in [-0.1, -0.05) is 46.9 Å². The molecule has 1 amide bonds. The topological polar surface area (TPSA) is 66.9 Å². The number of aromatic nitrogens is 2. The molecule has 0 radical (unpaired) electrons. The van der Waals surface area contributed by atoms with Crippen LogP contribution < -0.4 is 10.6 Å². The highest BCUT2D eigenvalue weighted by Gasteiger charge is 2.11. The Labute approximate surface area is 159 Å². The molecule has 25 heavy (non-hydrogen) atoms. The maximum Gasteiger partial charge on any atom is 0.274 e. The van der Waals surface area contributed by atoms with Crippen LogP contribution in [0, 0.1) is 0 Å². The van der Waals surface area contributed by atoms with E-state index >= 15 is 0 Å². The van der Waals surface area contributed by atoms with E-state index in [0.29, 0.717) is 26.4 Å². The van der Waals surface area contributed by atoms with Crippen LogP contribution in [0.1, 0.15) is 10.5 Å². The van der Waals surface area contributed by atoms with E-state index in [-0.39, 0.29) is 11.6 Å². The van der Waals surface area contributed by atoms with E-state index in [2.05, 4.69) is 20.6 Å². The number of hydrogen-bond donors (Lipinski definition) is 2. The van der Waals surface area contributed by atoms with E-state index < -0.39 is 5.91 Å². The van der Waals surface area contributed by atoms with Crippen LogP contribution in [0.5, 0.6) is 0 Å². The Kier molecular flexibility index (Phi) is 5.38. The third kappa shape index (κ3) is 4.60. The smallest absolute Gasteiger partial charge is 0.274 e. The first-order valence-corrected chi connectivity index (χ1v) is 8.27. The van der Waals surface area contributed by atoms with Crippen LogP contribution >= 0.6 is 34.8 Å². The van der Waals surface area contributed by atoms with E-state index in [9.17, 15) is 4.79 Å². The number of hydrogen-bond acceptors (Lipinski definition) is 4. The molecule has 2 aromatic carbocycles. The summed E-state index contributed by atoms with van der Waals surface area (Å²) in [5.74, 6) is -0.159. The molecule has 0 fully saturated rings. The minimum atomic E-state index is -0.400. The van der Waals surface area contributed by atoms with Gasteiger partial charge in [-0.25, -0.2) is 9.97 Å². The Hall–Kier alpha value is -2.34. The largest absolute Gasteiger partial charge is 0.324 e. The van der Waals surface area contributed by atoms with E-state index in [1.807, 2.05) is 0 Å². The summed E-state index contributed by atoms with van der Waals surface area (Å²) in [4.78, 5) is 20.6. The van der Waals surface area contributed by atoms with Gasteiger partial charge in [0.05, 0.1) is 10.7 Å². The molecule has 0 atom stereocenters. The number of carbonyl (C=O) groups is 1. The maximum atomic E-state index is 12.3. The molecule has 0 spiro atoms. The first-order chi connectivity index (χ1) is 12.0. The van der Waals surface area contributed by atoms with Crippen LogP contribution in [0.4, 0.5) is 17.3 Å². The fourth-order valence-electron chi connectivity index (χ4n) is 2.05. The summed E-state index contributed by atoms with van der Waals surface area (Å²) in [6, 6.07) is 13.4. The minimum absolute atomic E-state index is 0.186. The molecule has 3 aromatic rings. The van der Waals surface area contributed by atoms with Crippen molar-refractivity contribution in [1.82, 2.24) is 9.97 Å². The predicted octanol–water partition coefficient (Wildman–Crippen LogP) is 5.43. The Balaban J connectivity index is 1.79. The fraction of sp³-hybridized carbons (Fsp3) is 0. The number of carbonyl (C=O) groups excluding carboxylic acids is 1. The first-order valence-electron chi connectivity index (χ1n) is 7.13. The minimum Gasteiger partial charge on any atom is -0.324 e. The predicted molar refractivity (Wildman–Crippen MR) is 101 cm³/mol. The Bertz CT molecular complexity index is 913. The molecule has 5 nitrogen and oxygen atoms in total. The molecule has 0 saturated heterocycles. The molecule has 0 saturated carbocycles. The van der Waals surface area contributed by atoms with Gasteiger partial charge in [0.2, 0.25) is 5.95 Å². The number of halogens is 3. The summed E-state index contributed by atoms with van der Waals surface area (Å²) in [6.07, 6.45) is 1.48. The maximum absolute atomic E-state index is 12.3. The van der Waals surface area contributed by atoms with Crippen LogP contribution in [0.15, 0.2) is 54.7 Å². The van der Waals surface area contributed by atoms with E-state index in [1.54, 1.807) is 42.5 Å². The van der Waals surface area contributed by atoms with Crippen LogP contribution in [-0.4, -0.2) is 15.9 Å². The summed E-state index contributed by atoms with van der Waals surface area (Å²) in [7, 11) is 0. The quantitative estimate of drug-likeness (QED) is 0.620. The molecular formula is C17H11Cl3N4O. The number of nitrogens with zero attached hydrogens (tertiary/aromatic N) is 2. The number of nitrogens with one attached hydrogen (secondary N) is 2. The second kappa shape index (κ2) is 7.70. The van der Waals surface area contributed by atoms with Gasteiger partial charge in [0.15, 0.2) is 0 Å². The van der Waals surface area contributed by atoms with Crippen molar-refractivity contribution in [3.05, 3.63) is 75.5 Å². The van der Waals surface area contributed by atoms with Gasteiger partial charge in [-0.3, -0.25) is 4.79 Å². The van der Waals surface area contributed by atoms with Gasteiger partial charge < -0.3 is 10.6 Å². The zero-order valence-electron chi connectivity index (χ0n) is 12.6. The molecule has 0 aliphatic rings. The highest BCUT2D eigenvalue weighted by molar-refractivity contribution is 6.35. The summed E-state index contributed by atoms with van der Waals surface area (Å²) >= 11 is 18.0. The van der Waals surface area contributed by atoms with E-state index in [4.69, 9.17) is 34.8 Å². The van der Waals surface area contributed by atoms with Crippen molar-refractivity contribution in [3.63, 3.8) is 0 Å². The third-order valence-electron chi connectivity index (χ3n) is 3.13. The molecule has 1 heterocycles. The van der Waals surface area contributed by atoms with Crippen LogP contribution in [-0.2, 0) is 0 Å². The van der Waals surface area contributed by atoms with Crippen LogP contribution in [0.25, 0.3) is 0 Å². The first kappa shape index (κ1) is 17.5. The van der Waals surface area contributed by atoms with Crippen LogP contribution in [0.3, 0.4) is 0 Å². The third-order valence-corrected chi connectivity index (χ3v) is 3.89. The molecule has 0 unspecified atom stereocenters. The Morgan fingerprint density at radius 1 is 0.960 bits per heavy atom. The van der Waals surface area contributed by atoms with Gasteiger partial charge in [-0.15, -0.1) is 0 Å². The molecule has 0 bridgehead atoms. The highest BCUT2D eigenvalue weighted by Crippen LogP contribution is 2.24. The molecule has 1 aromatic heterocycles. The average molecular weight is 394 g/mol. The monoisotopic (exact) mass is 392 g/mol. The Morgan fingerprint density at radius 2 is 1.68 bits per heavy atom. The van der Waals surface area contributed by atoms with Crippen molar-refractivity contribution in [2.75, 3.05) is 10.6 Å². The fourth-order valence-corrected chi connectivity index (χ4v) is 2.76. The number of rotatable bonds is 4. The molecule has 126 valence electrons. The average Bonchev–Trinajstić information content (AvgIpc) is 2.56. The number of anilines is 3. The lowest BCUT2D eigenvalue weighted by Crippen LogP contribution is -2.15. The van der Waals surface area contributed by atoms with E-state index in [1.165, 1.54) is 12.3 Å². The van der Waals surface area contributed by atoms with Gasteiger partial charge in [-0.2, -0.15) is 0 Å².